The van der Waals surface area contributed by atoms with E-state index in [-0.39, 0.29) is 16.0 Å². The summed E-state index contributed by atoms with van der Waals surface area (Å²) < 4.78 is 25.1. The van der Waals surface area contributed by atoms with Crippen LogP contribution >= 0.6 is 11.8 Å². The quantitative estimate of drug-likeness (QED) is 0.547. The van der Waals surface area contributed by atoms with Crippen LogP contribution in [0.3, 0.4) is 0 Å². The lowest BCUT2D eigenvalue weighted by Crippen LogP contribution is -2.23. The van der Waals surface area contributed by atoms with Crippen molar-refractivity contribution in [2.45, 2.75) is 10.6 Å². The molecular weight excluding hydrogens is 298 g/mol. The molecule has 0 aromatic heterocycles. The second-order valence-corrected chi connectivity index (χ2v) is 7.18. The number of nitrogens with two attached hydrogens (primary N) is 2. The van der Waals surface area contributed by atoms with E-state index in [4.69, 9.17) is 16.9 Å². The molecule has 0 saturated carbocycles. The van der Waals surface area contributed by atoms with E-state index >= 15 is 0 Å². The van der Waals surface area contributed by atoms with E-state index < -0.39 is 10.0 Å². The van der Waals surface area contributed by atoms with Crippen LogP contribution in [-0.4, -0.2) is 37.9 Å². The topological polar surface area (TPSA) is 126 Å². The Hall–Kier alpha value is -1.58. The summed E-state index contributed by atoms with van der Waals surface area (Å²) in [7, 11) is -0.499. The third kappa shape index (κ3) is 4.51. The number of aliphatic imine (C=N–C) groups is 1. The Morgan fingerprint density at radius 2 is 2.05 bits per heavy atom. The molecule has 1 rings (SSSR count). The Morgan fingerprint density at radius 1 is 1.40 bits per heavy atom. The van der Waals surface area contributed by atoms with Gasteiger partial charge in [0.05, 0.1) is 4.90 Å². The second-order valence-electron chi connectivity index (χ2n) is 4.07. The predicted molar refractivity (Wildman–Crippen MR) is 82.1 cm³/mol. The van der Waals surface area contributed by atoms with Crippen LogP contribution in [0.15, 0.2) is 34.2 Å². The van der Waals surface area contributed by atoms with Gasteiger partial charge in [-0.2, -0.15) is 4.99 Å². The van der Waals surface area contributed by atoms with Gasteiger partial charge in [-0.15, -0.1) is 0 Å². The van der Waals surface area contributed by atoms with Gasteiger partial charge in [-0.05, 0) is 17.7 Å². The molecule has 0 fully saturated rings. The fraction of sp³-hybridized carbons (Fsp3) is 0.273. The minimum absolute atomic E-state index is 0.0223. The van der Waals surface area contributed by atoms with Gasteiger partial charge in [0.15, 0.2) is 11.1 Å². The van der Waals surface area contributed by atoms with Crippen LogP contribution in [0, 0.1) is 5.41 Å². The maximum atomic E-state index is 12.0. The first kappa shape index (κ1) is 16.5. The molecule has 110 valence electrons. The monoisotopic (exact) mass is 315 g/mol. The number of nitrogens with one attached hydrogen (secondary N) is 1. The molecule has 0 radical (unpaired) electrons. The normalized spacial score (nSPS) is 11.3. The molecule has 20 heavy (non-hydrogen) atoms. The van der Waals surface area contributed by atoms with Gasteiger partial charge in [-0.1, -0.05) is 23.9 Å². The molecule has 0 bridgehead atoms. The van der Waals surface area contributed by atoms with Crippen molar-refractivity contribution in [1.29, 1.82) is 5.41 Å². The maximum Gasteiger partial charge on any atom is 0.242 e. The number of hydrogen-bond donors (Lipinski definition) is 3. The van der Waals surface area contributed by atoms with E-state index in [2.05, 4.69) is 4.99 Å². The van der Waals surface area contributed by atoms with Gasteiger partial charge >= 0.3 is 0 Å². The number of sulfonamides is 1. The Kier molecular flexibility index (Phi) is 5.54. The lowest BCUT2D eigenvalue weighted by atomic mass is 10.2. The molecule has 9 heteroatoms. The number of guanidine groups is 1. The molecule has 0 amide bonds. The lowest BCUT2D eigenvalue weighted by molar-refractivity contribution is 0.520. The summed E-state index contributed by atoms with van der Waals surface area (Å²) in [6.45, 7) is 0. The van der Waals surface area contributed by atoms with Crippen molar-refractivity contribution in [3.05, 3.63) is 29.8 Å². The molecule has 0 atom stereocenters. The molecule has 5 N–H and O–H groups in total. The summed E-state index contributed by atoms with van der Waals surface area (Å²) in [6.07, 6.45) is 0. The van der Waals surface area contributed by atoms with Crippen molar-refractivity contribution in [3.8, 4) is 0 Å². The Balaban J connectivity index is 2.85. The van der Waals surface area contributed by atoms with Gasteiger partial charge < -0.3 is 11.5 Å². The highest BCUT2D eigenvalue weighted by molar-refractivity contribution is 8.13. The molecular formula is C11H17N5O2S2. The maximum absolute atomic E-state index is 12.0. The first-order chi connectivity index (χ1) is 9.23. The zero-order valence-electron chi connectivity index (χ0n) is 11.2. The lowest BCUT2D eigenvalue weighted by Gasteiger charge is -2.12. The fourth-order valence-corrected chi connectivity index (χ4v) is 2.93. The minimum atomic E-state index is -3.45. The zero-order valence-corrected chi connectivity index (χ0v) is 12.8. The van der Waals surface area contributed by atoms with Crippen molar-refractivity contribution < 1.29 is 8.42 Å². The number of hydrogen-bond acceptors (Lipinski definition) is 4. The van der Waals surface area contributed by atoms with Crippen LogP contribution in [0.25, 0.3) is 0 Å². The van der Waals surface area contributed by atoms with E-state index in [1.807, 2.05) is 0 Å². The molecule has 1 aromatic carbocycles. The van der Waals surface area contributed by atoms with Crippen molar-refractivity contribution in [3.63, 3.8) is 0 Å². The van der Waals surface area contributed by atoms with Crippen LogP contribution in [0.2, 0.25) is 0 Å². The zero-order chi connectivity index (χ0) is 15.3. The molecule has 0 aliphatic heterocycles. The largest absolute Gasteiger partial charge is 0.370 e. The third-order valence-corrected chi connectivity index (χ3v) is 4.94. The minimum Gasteiger partial charge on any atom is -0.370 e. The average Bonchev–Trinajstić information content (AvgIpc) is 2.35. The van der Waals surface area contributed by atoms with E-state index in [1.165, 1.54) is 20.2 Å². The molecule has 0 aliphatic carbocycles. The first-order valence-corrected chi connectivity index (χ1v) is 7.98. The van der Waals surface area contributed by atoms with Crippen LogP contribution in [-0.2, 0) is 15.8 Å². The summed E-state index contributed by atoms with van der Waals surface area (Å²) in [4.78, 5) is 3.80. The summed E-state index contributed by atoms with van der Waals surface area (Å²) in [5, 5.41) is 7.48. The number of thioether (sulfide) groups is 1. The highest BCUT2D eigenvalue weighted by atomic mass is 32.2. The van der Waals surface area contributed by atoms with Gasteiger partial charge in [0, 0.05) is 19.8 Å². The van der Waals surface area contributed by atoms with Crippen molar-refractivity contribution in [2.24, 2.45) is 16.5 Å². The number of benzene rings is 1. The Bertz CT molecular complexity index is 621. The fourth-order valence-electron chi connectivity index (χ4n) is 1.31. The predicted octanol–water partition coefficient (Wildman–Crippen LogP) is 0.378. The molecule has 0 aliphatic rings. The summed E-state index contributed by atoms with van der Waals surface area (Å²) in [5.74, 6) is 0.235. The number of rotatable bonds is 4. The average molecular weight is 315 g/mol. The van der Waals surface area contributed by atoms with Gasteiger partial charge in [0.25, 0.3) is 0 Å². The summed E-state index contributed by atoms with van der Waals surface area (Å²) in [6, 6.07) is 6.55. The first-order valence-electron chi connectivity index (χ1n) is 5.56. The number of nitrogens with zero attached hydrogens (tertiary/aromatic N) is 2. The van der Waals surface area contributed by atoms with E-state index in [0.29, 0.717) is 5.75 Å². The number of amidine groups is 1. The molecule has 1 aromatic rings. The summed E-state index contributed by atoms with van der Waals surface area (Å²) >= 11 is 1.11. The van der Waals surface area contributed by atoms with Crippen molar-refractivity contribution in [2.75, 3.05) is 14.1 Å². The smallest absolute Gasteiger partial charge is 0.242 e. The van der Waals surface area contributed by atoms with Crippen LogP contribution in [0.4, 0.5) is 0 Å². The third-order valence-electron chi connectivity index (χ3n) is 2.28. The molecule has 0 spiro atoms. The van der Waals surface area contributed by atoms with Gasteiger partial charge in [0.1, 0.15) is 0 Å². The van der Waals surface area contributed by atoms with Crippen LogP contribution < -0.4 is 11.5 Å². The highest BCUT2D eigenvalue weighted by Gasteiger charge is 2.17. The van der Waals surface area contributed by atoms with Crippen LogP contribution in [0.5, 0.6) is 0 Å². The van der Waals surface area contributed by atoms with E-state index in [1.54, 1.807) is 18.2 Å². The van der Waals surface area contributed by atoms with Crippen molar-refractivity contribution in [1.82, 2.24) is 4.31 Å². The molecule has 0 saturated heterocycles. The Morgan fingerprint density at radius 3 is 2.60 bits per heavy atom. The van der Waals surface area contributed by atoms with Crippen molar-refractivity contribution >= 4 is 32.9 Å². The van der Waals surface area contributed by atoms with E-state index in [9.17, 15) is 8.42 Å². The molecule has 0 unspecified atom stereocenters. The van der Waals surface area contributed by atoms with Gasteiger partial charge in [-0.25, -0.2) is 12.7 Å². The highest BCUT2D eigenvalue weighted by Crippen LogP contribution is 2.19. The second kappa shape index (κ2) is 6.73. The standard InChI is InChI=1S/C11H17N5O2S2/c1-16(2)20(17,18)9-5-3-4-8(6-9)7-19-11(14)15-10(12)13/h3-6H,7H2,1-2H3,(H5,12,13,14,15). The molecule has 0 heterocycles. The van der Waals surface area contributed by atoms with Crippen LogP contribution in [0.1, 0.15) is 5.56 Å². The van der Waals surface area contributed by atoms with Gasteiger partial charge in [-0.3, -0.25) is 5.41 Å². The summed E-state index contributed by atoms with van der Waals surface area (Å²) in [5.41, 5.74) is 11.1. The molecule has 7 nitrogen and oxygen atoms in total. The Labute approximate surface area is 122 Å². The van der Waals surface area contributed by atoms with E-state index in [0.717, 1.165) is 21.6 Å². The van der Waals surface area contributed by atoms with Gasteiger partial charge in [0.2, 0.25) is 10.0 Å². The SMILES string of the molecule is CN(C)S(=O)(=O)c1cccc(CSC(=N)N=C(N)N)c1.